The zero-order valence-corrected chi connectivity index (χ0v) is 44.3. The molecule has 4 fully saturated rings. The van der Waals surface area contributed by atoms with Crippen molar-refractivity contribution < 1.29 is 50.5 Å². The normalized spacial score (nSPS) is 21.2. The van der Waals surface area contributed by atoms with Gasteiger partial charge in [-0.15, -0.1) is 13.2 Å². The van der Waals surface area contributed by atoms with Crippen LogP contribution in [0.15, 0.2) is 97.6 Å². The molecule has 4 aliphatic rings. The molecule has 3 aliphatic carbocycles. The fraction of sp³-hybridized carbons (Fsp3) is 0.500. The van der Waals surface area contributed by atoms with Gasteiger partial charge in [-0.05, 0) is 88.0 Å². The summed E-state index contributed by atoms with van der Waals surface area (Å²) in [7, 11) is 0. The highest BCUT2D eigenvalue weighted by atomic mass is 19.4. The van der Waals surface area contributed by atoms with E-state index in [0.29, 0.717) is 60.2 Å². The van der Waals surface area contributed by atoms with Crippen molar-refractivity contribution in [3.05, 3.63) is 126 Å². The van der Waals surface area contributed by atoms with Crippen molar-refractivity contribution >= 4 is 29.0 Å². The van der Waals surface area contributed by atoms with Crippen molar-refractivity contribution in [3.63, 3.8) is 0 Å². The second-order valence-electron chi connectivity index (χ2n) is 22.0. The number of fused-ring (bicyclic) bond motifs is 1. The van der Waals surface area contributed by atoms with Crippen molar-refractivity contribution in [1.82, 2.24) is 44.0 Å². The van der Waals surface area contributed by atoms with Crippen LogP contribution in [0.4, 0.5) is 22.0 Å². The molecule has 6 heterocycles. The average Bonchev–Trinajstić information content (AvgIpc) is 4.42. The largest absolute Gasteiger partial charge is 0.430 e. The predicted molar refractivity (Wildman–Crippen MR) is 277 cm³/mol. The quantitative estimate of drug-likeness (QED) is 0.0251. The van der Waals surface area contributed by atoms with Gasteiger partial charge in [-0.2, -0.15) is 27.1 Å². The van der Waals surface area contributed by atoms with Crippen molar-refractivity contribution in [2.24, 2.45) is 21.6 Å². The fourth-order valence-corrected chi connectivity index (χ4v) is 10.5. The Kier molecular flexibility index (Phi) is 15.6. The molecule has 1 unspecified atom stereocenters. The number of Topliss-reactive ketones (excluding diaryl/α,β-unsaturated/α-hetero) is 2. The van der Waals surface area contributed by atoms with Gasteiger partial charge in [0.25, 0.3) is 5.79 Å². The Morgan fingerprint density at radius 1 is 0.974 bits per heavy atom. The van der Waals surface area contributed by atoms with E-state index in [1.807, 2.05) is 49.7 Å². The summed E-state index contributed by atoms with van der Waals surface area (Å²) >= 11 is 0. The summed E-state index contributed by atoms with van der Waals surface area (Å²) in [5.41, 5.74) is 6.16. The highest BCUT2D eigenvalue weighted by Gasteiger charge is 2.66. The van der Waals surface area contributed by atoms with Gasteiger partial charge in [0.1, 0.15) is 17.4 Å². The number of amides is 1. The molecule has 4 atom stereocenters. The van der Waals surface area contributed by atoms with Crippen LogP contribution in [0, 0.1) is 17.8 Å². The number of aliphatic imine (C=N–C) groups is 1. The molecule has 3 saturated carbocycles. The first-order valence-corrected chi connectivity index (χ1v) is 26.1. The summed E-state index contributed by atoms with van der Waals surface area (Å²) in [6, 6.07) is 2.98. The lowest BCUT2D eigenvalue weighted by Crippen LogP contribution is -2.66. The van der Waals surface area contributed by atoms with Crippen LogP contribution in [0.3, 0.4) is 0 Å². The zero-order valence-electron chi connectivity index (χ0n) is 44.3. The van der Waals surface area contributed by atoms with E-state index in [0.717, 1.165) is 41.1 Å². The van der Waals surface area contributed by atoms with Gasteiger partial charge in [0.15, 0.2) is 17.4 Å². The summed E-state index contributed by atoms with van der Waals surface area (Å²) in [4.78, 5) is 71.0. The van der Waals surface area contributed by atoms with E-state index in [1.165, 1.54) is 36.9 Å². The number of pyridine rings is 1. The maximum absolute atomic E-state index is 14.6. The number of allylic oxidation sites excluding steroid dienone is 2. The molecular formula is C56H64F5N11O6. The third-order valence-corrected chi connectivity index (χ3v) is 15.2. The summed E-state index contributed by atoms with van der Waals surface area (Å²) < 4.78 is 89.2. The Balaban J connectivity index is 0.868. The van der Waals surface area contributed by atoms with Crippen molar-refractivity contribution in [3.8, 4) is 11.3 Å². The van der Waals surface area contributed by atoms with Crippen LogP contribution in [0.25, 0.3) is 17.0 Å². The number of hydrogen-bond donors (Lipinski definition) is 1. The zero-order chi connectivity index (χ0) is 56.0. The lowest BCUT2D eigenvalue weighted by molar-refractivity contribution is -0.311. The molecule has 78 heavy (non-hydrogen) atoms. The summed E-state index contributed by atoms with van der Waals surface area (Å²) in [5.74, 6) is -1.32. The Morgan fingerprint density at radius 3 is 2.32 bits per heavy atom. The number of ether oxygens (including phenoxy) is 3. The number of halogens is 5. The molecule has 9 rings (SSSR count). The third-order valence-electron chi connectivity index (χ3n) is 15.2. The third kappa shape index (κ3) is 11.6. The van der Waals surface area contributed by atoms with Crippen LogP contribution >= 0.6 is 0 Å². The van der Waals surface area contributed by atoms with Gasteiger partial charge >= 0.3 is 12.7 Å². The summed E-state index contributed by atoms with van der Waals surface area (Å²) in [5, 5.41) is 3.78. The first kappa shape index (κ1) is 55.8. The molecule has 1 spiro atoms. The van der Waals surface area contributed by atoms with Gasteiger partial charge in [0, 0.05) is 98.2 Å². The van der Waals surface area contributed by atoms with E-state index < -0.39 is 52.8 Å². The van der Waals surface area contributed by atoms with Crippen LogP contribution in [-0.2, 0) is 40.6 Å². The van der Waals surface area contributed by atoms with Crippen LogP contribution < -0.4 is 5.73 Å². The lowest BCUT2D eigenvalue weighted by Gasteiger charge is -2.47. The number of imidazole rings is 1. The van der Waals surface area contributed by atoms with Crippen molar-refractivity contribution in [2.45, 2.75) is 141 Å². The van der Waals surface area contributed by atoms with Crippen molar-refractivity contribution in [1.29, 1.82) is 0 Å². The molecular weight excluding hydrogens is 1020 g/mol. The van der Waals surface area contributed by atoms with Gasteiger partial charge in [-0.3, -0.25) is 28.8 Å². The van der Waals surface area contributed by atoms with Crippen LogP contribution in [0.1, 0.15) is 131 Å². The molecule has 22 heteroatoms. The number of nitrogens with two attached hydrogens (primary N) is 1. The van der Waals surface area contributed by atoms with Gasteiger partial charge < -0.3 is 24.8 Å². The van der Waals surface area contributed by atoms with E-state index >= 15 is 0 Å². The van der Waals surface area contributed by atoms with E-state index in [9.17, 15) is 36.3 Å². The van der Waals surface area contributed by atoms with Gasteiger partial charge in [-0.1, -0.05) is 32.1 Å². The van der Waals surface area contributed by atoms with Gasteiger partial charge in [0.2, 0.25) is 11.7 Å². The maximum atomic E-state index is 14.6. The monoisotopic (exact) mass is 1080 g/mol. The molecule has 1 aliphatic heterocycles. The highest BCUT2D eigenvalue weighted by molar-refractivity contribution is 6.08. The molecule has 1 saturated heterocycles. The molecule has 414 valence electrons. The molecule has 1 amide bonds. The van der Waals surface area contributed by atoms with Crippen LogP contribution in [0.2, 0.25) is 0 Å². The molecule has 0 aromatic carbocycles. The number of alkyl halides is 5. The van der Waals surface area contributed by atoms with E-state index in [4.69, 9.17) is 24.9 Å². The molecule has 5 aromatic rings. The number of rotatable bonds is 25. The molecule has 17 nitrogen and oxygen atoms in total. The number of aromatic nitrogens is 8. The van der Waals surface area contributed by atoms with E-state index in [2.05, 4.69) is 43.2 Å². The van der Waals surface area contributed by atoms with E-state index in [-0.39, 0.29) is 79.5 Å². The number of aryl methyl sites for hydroxylation is 1. The average molecular weight is 1080 g/mol. The van der Waals surface area contributed by atoms with Crippen molar-refractivity contribution in [2.75, 3.05) is 26.3 Å². The topological polar surface area (TPSA) is 207 Å². The van der Waals surface area contributed by atoms with Gasteiger partial charge in [0.05, 0.1) is 48.0 Å². The first-order valence-electron chi connectivity index (χ1n) is 26.1. The number of nitrogens with zero attached hydrogens (tertiary/aromatic N) is 10. The Hall–Kier alpha value is -6.91. The summed E-state index contributed by atoms with van der Waals surface area (Å²) in [6.45, 7) is 13.7. The molecule has 0 radical (unpaired) electrons. The predicted octanol–water partition coefficient (Wildman–Crippen LogP) is 9.03. The maximum Gasteiger partial charge on any atom is 0.430 e. The summed E-state index contributed by atoms with van der Waals surface area (Å²) in [6.07, 6.45) is 12.8. The second kappa shape index (κ2) is 21.7. The fourth-order valence-electron chi connectivity index (χ4n) is 10.5. The molecule has 0 bridgehead atoms. The number of carbonyl (C=O) groups excluding carboxylic acids is 3. The minimum absolute atomic E-state index is 0.000305. The van der Waals surface area contributed by atoms with Crippen LogP contribution in [0.5, 0.6) is 0 Å². The minimum Gasteiger partial charge on any atom is -0.395 e. The number of ketones is 2. The lowest BCUT2D eigenvalue weighted by atomic mass is 9.84. The number of hydrogen-bond acceptors (Lipinski definition) is 14. The second-order valence-corrected chi connectivity index (χ2v) is 22.0. The smallest absolute Gasteiger partial charge is 0.395 e. The SMILES string of the molecule is C=CCOC1(OCC=C)C(=O)CC1OC(C)(C)c1ncc(C(/C=C(\N)C(F)(F)F)=NCC(C)(C)CCCC(=O)[C@@H](Cc2cnn(C(F)F)c2)N2CC[C@@]3(C[C@@H]3c3ccc(-c4cnc5nc(C6CC6)cn5c4)nc3C)C2=O)cn1. The highest BCUT2D eigenvalue weighted by Crippen LogP contribution is 2.65. The number of carbonyl (C=O) groups is 3. The van der Waals surface area contributed by atoms with Gasteiger partial charge in [-0.25, -0.2) is 24.6 Å². The van der Waals surface area contributed by atoms with E-state index in [1.54, 1.807) is 24.9 Å². The minimum atomic E-state index is -4.87. The Bertz CT molecular complexity index is 3150. The molecule has 5 aromatic heterocycles. The number of likely N-dealkylation sites (tertiary alicyclic amines) is 1. The van der Waals surface area contributed by atoms with Crippen LogP contribution in [-0.4, -0.2) is 118 Å². The first-order chi connectivity index (χ1) is 37.0. The standard InChI is InChI=1S/C56H64F5N11O6/c1-8-19-76-55(77-20-9-2)46(74)23-47(55)78-53(6,7)48-63-26-36(27-64-48)41(22-45(62)56(59,60)61)66-32-52(4,5)16-10-11-44(73)43(21-34-25-67-72(29-34)50(57)58)71-18-17-54(49(71)75)24-39(54)38-14-15-40(68-33(38)3)37-28-65-51-69-42(35-12-13-35)31-70(51)30-37/h8-9,14-15,22,25-31,35,39,43,47,50H,1-2,10-13,16-21,23-24,32,62H2,3-7H3/b45-22-,66-41?/t39-,43-,47?,54+/m1/s1. The Labute approximate surface area is 448 Å². The Morgan fingerprint density at radius 2 is 1.69 bits per heavy atom. The molecule has 2 N–H and O–H groups in total.